The van der Waals surface area contributed by atoms with Gasteiger partial charge in [0, 0.05) is 30.0 Å². The van der Waals surface area contributed by atoms with Crippen LogP contribution in [0.15, 0.2) is 73.3 Å². The molecular weight excluding hydrogens is 490 g/mol. The number of rotatable bonds is 7. The number of halogens is 2. The number of hydrogen-bond donors (Lipinski definition) is 2. The molecule has 3 aromatic heterocycles. The Balaban J connectivity index is 1.65. The monoisotopic (exact) mass is 508 g/mol. The summed E-state index contributed by atoms with van der Waals surface area (Å²) in [4.78, 5) is 8.49. The molecule has 0 aliphatic heterocycles. The fraction of sp³-hybridized carbons (Fsp3) is 0.115. The van der Waals surface area contributed by atoms with Crippen LogP contribution >= 0.6 is 11.6 Å². The van der Waals surface area contributed by atoms with Gasteiger partial charge in [0.05, 0.1) is 45.3 Å². The molecule has 0 saturated heterocycles. The molecule has 0 aliphatic rings. The molecule has 2 aromatic carbocycles. The highest BCUT2D eigenvalue weighted by atomic mass is 35.5. The van der Waals surface area contributed by atoms with Gasteiger partial charge in [-0.2, -0.15) is 5.26 Å². The lowest BCUT2D eigenvalue weighted by Gasteiger charge is -2.31. The van der Waals surface area contributed by atoms with Crippen molar-refractivity contribution in [3.63, 3.8) is 0 Å². The molecule has 0 amide bonds. The van der Waals surface area contributed by atoms with Crippen molar-refractivity contribution in [2.75, 3.05) is 17.2 Å². The second-order valence-corrected chi connectivity index (χ2v) is 8.65. The average molecular weight is 509 g/mol. The molecule has 0 spiro atoms. The van der Waals surface area contributed by atoms with E-state index >= 15 is 0 Å². The van der Waals surface area contributed by atoms with E-state index in [1.165, 1.54) is 18.3 Å². The van der Waals surface area contributed by atoms with Crippen molar-refractivity contribution in [1.82, 2.24) is 25.0 Å². The number of nitriles is 1. The van der Waals surface area contributed by atoms with Crippen molar-refractivity contribution in [2.45, 2.75) is 12.4 Å². The van der Waals surface area contributed by atoms with Crippen LogP contribution in [0.4, 0.5) is 15.8 Å². The summed E-state index contributed by atoms with van der Waals surface area (Å²) < 4.78 is 15.3. The number of fused-ring (bicyclic) bond motifs is 1. The van der Waals surface area contributed by atoms with Gasteiger partial charge in [0.25, 0.3) is 0 Å². The molecule has 3 heterocycles. The van der Waals surface area contributed by atoms with E-state index in [2.05, 4.69) is 37.0 Å². The van der Waals surface area contributed by atoms with E-state index in [0.717, 1.165) is 0 Å². The second kappa shape index (κ2) is 9.87. The summed E-state index contributed by atoms with van der Waals surface area (Å²) in [6, 6.07) is 15.1. The minimum Gasteiger partial charge on any atom is -0.384 e. The molecule has 1 unspecified atom stereocenters. The molecule has 0 bridgehead atoms. The summed E-state index contributed by atoms with van der Waals surface area (Å²) in [6.45, 7) is 2.53. The van der Waals surface area contributed by atoms with E-state index in [-0.39, 0.29) is 0 Å². The maximum Gasteiger partial charge on any atom is 0.123 e. The van der Waals surface area contributed by atoms with Crippen molar-refractivity contribution >= 4 is 41.7 Å². The van der Waals surface area contributed by atoms with Crippen LogP contribution < -0.4 is 10.6 Å². The third-order valence-electron chi connectivity index (χ3n) is 5.85. The van der Waals surface area contributed by atoms with E-state index in [0.29, 0.717) is 56.4 Å². The standard InChI is InChI=1S/C26H19BClFN8/c1-2-32-24-16(12-30)13-33-25-21(24)10-19(11-22(25)28)34-26(27,17-5-7-18(29)8-6-17)23-15-37(36-35-23)20-4-3-9-31-14-20/h3-11,13-15,34H,2H2,1H3,(H,32,33). The van der Waals surface area contributed by atoms with E-state index in [1.54, 1.807) is 47.5 Å². The topological polar surface area (TPSA) is 104 Å². The largest absolute Gasteiger partial charge is 0.384 e. The second-order valence-electron chi connectivity index (χ2n) is 8.24. The zero-order valence-corrected chi connectivity index (χ0v) is 20.4. The van der Waals surface area contributed by atoms with Crippen molar-refractivity contribution < 1.29 is 4.39 Å². The maximum atomic E-state index is 13.8. The smallest absolute Gasteiger partial charge is 0.123 e. The average Bonchev–Trinajstić information content (AvgIpc) is 3.41. The molecule has 0 aliphatic carbocycles. The maximum absolute atomic E-state index is 13.8. The summed E-state index contributed by atoms with van der Waals surface area (Å²) in [6.07, 6.45) is 6.47. The van der Waals surface area contributed by atoms with E-state index in [9.17, 15) is 9.65 Å². The number of pyridine rings is 2. The van der Waals surface area contributed by atoms with Crippen molar-refractivity contribution in [3.8, 4) is 11.8 Å². The number of nitrogens with one attached hydrogen (secondary N) is 2. The number of hydrogen-bond acceptors (Lipinski definition) is 7. The predicted molar refractivity (Wildman–Crippen MR) is 141 cm³/mol. The molecule has 180 valence electrons. The number of anilines is 2. The minimum absolute atomic E-state index is 0.365. The fourth-order valence-electron chi connectivity index (χ4n) is 4.07. The van der Waals surface area contributed by atoms with Crippen molar-refractivity contribution in [1.29, 1.82) is 5.26 Å². The van der Waals surface area contributed by atoms with Gasteiger partial charge in [-0.05, 0) is 48.9 Å². The van der Waals surface area contributed by atoms with Crippen molar-refractivity contribution in [3.05, 3.63) is 101 Å². The van der Waals surface area contributed by atoms with E-state index in [1.807, 2.05) is 19.1 Å². The SMILES string of the molecule is [B]C(Nc1cc(Cl)c2ncc(C#N)c(NCC)c2c1)(c1ccc(F)cc1)c1cn(-c2cccnc2)nn1. The van der Waals surface area contributed by atoms with Gasteiger partial charge >= 0.3 is 0 Å². The first-order valence-electron chi connectivity index (χ1n) is 11.4. The van der Waals surface area contributed by atoms with Gasteiger partial charge in [0.2, 0.25) is 0 Å². The van der Waals surface area contributed by atoms with Gasteiger partial charge in [0.1, 0.15) is 25.4 Å². The summed E-state index contributed by atoms with van der Waals surface area (Å²) in [5.41, 5.74) is 2.26. The highest BCUT2D eigenvalue weighted by Crippen LogP contribution is 2.36. The first kappa shape index (κ1) is 24.2. The fourth-order valence-corrected chi connectivity index (χ4v) is 4.34. The highest BCUT2D eigenvalue weighted by molar-refractivity contribution is 6.36. The Morgan fingerprint density at radius 2 is 2.00 bits per heavy atom. The van der Waals surface area contributed by atoms with Gasteiger partial charge in [-0.1, -0.05) is 28.9 Å². The molecule has 5 rings (SSSR count). The summed E-state index contributed by atoms with van der Waals surface area (Å²) in [7, 11) is 6.97. The van der Waals surface area contributed by atoms with Crippen molar-refractivity contribution in [2.24, 2.45) is 0 Å². The van der Waals surface area contributed by atoms with Crippen LogP contribution in [0.3, 0.4) is 0 Å². The van der Waals surface area contributed by atoms with Crippen LogP contribution in [0.1, 0.15) is 23.7 Å². The molecular formula is C26H19BClFN8. The Bertz CT molecular complexity index is 1620. The molecule has 2 radical (unpaired) electrons. The first-order chi connectivity index (χ1) is 17.9. The predicted octanol–water partition coefficient (Wildman–Crippen LogP) is 4.79. The Morgan fingerprint density at radius 3 is 2.70 bits per heavy atom. The van der Waals surface area contributed by atoms with Crippen LogP contribution in [0.2, 0.25) is 5.02 Å². The Labute approximate surface area is 218 Å². The number of nitrogens with zero attached hydrogens (tertiary/aromatic N) is 6. The number of benzene rings is 2. The summed E-state index contributed by atoms with van der Waals surface area (Å²) >= 11 is 6.61. The molecule has 8 nitrogen and oxygen atoms in total. The lowest BCUT2D eigenvalue weighted by atomic mass is 9.69. The van der Waals surface area contributed by atoms with E-state index in [4.69, 9.17) is 19.4 Å². The minimum atomic E-state index is -1.43. The summed E-state index contributed by atoms with van der Waals surface area (Å²) in [5, 5.41) is 25.7. The van der Waals surface area contributed by atoms with Gasteiger partial charge in [0.15, 0.2) is 0 Å². The molecule has 0 saturated carbocycles. The Morgan fingerprint density at radius 1 is 1.19 bits per heavy atom. The molecule has 11 heteroatoms. The van der Waals surface area contributed by atoms with Gasteiger partial charge in [-0.15, -0.1) is 5.10 Å². The van der Waals surface area contributed by atoms with E-state index < -0.39 is 11.3 Å². The molecule has 1 atom stereocenters. The zero-order valence-electron chi connectivity index (χ0n) is 19.7. The summed E-state index contributed by atoms with van der Waals surface area (Å²) in [5.74, 6) is -0.399. The Hall–Kier alpha value is -4.49. The molecule has 2 N–H and O–H groups in total. The van der Waals surface area contributed by atoms with Crippen LogP contribution in [-0.4, -0.2) is 39.4 Å². The van der Waals surface area contributed by atoms with Crippen LogP contribution in [0.25, 0.3) is 16.6 Å². The normalized spacial score (nSPS) is 12.6. The van der Waals surface area contributed by atoms with Gasteiger partial charge in [-0.3, -0.25) is 9.97 Å². The Kier molecular flexibility index (Phi) is 6.46. The third-order valence-corrected chi connectivity index (χ3v) is 6.14. The molecule has 37 heavy (non-hydrogen) atoms. The van der Waals surface area contributed by atoms with Gasteiger partial charge in [-0.25, -0.2) is 9.07 Å². The quantitative estimate of drug-likeness (QED) is 0.305. The van der Waals surface area contributed by atoms with Crippen LogP contribution in [0, 0.1) is 17.1 Å². The van der Waals surface area contributed by atoms with Gasteiger partial charge < -0.3 is 10.6 Å². The highest BCUT2D eigenvalue weighted by Gasteiger charge is 2.32. The molecule has 5 aromatic rings. The third kappa shape index (κ3) is 4.57. The van der Waals surface area contributed by atoms with Crippen LogP contribution in [-0.2, 0) is 5.44 Å². The lowest BCUT2D eigenvalue weighted by Crippen LogP contribution is -2.37. The van der Waals surface area contributed by atoms with Crippen LogP contribution in [0.5, 0.6) is 0 Å². The lowest BCUT2D eigenvalue weighted by molar-refractivity contribution is 0.625. The molecule has 0 fully saturated rings. The number of aromatic nitrogens is 5. The zero-order chi connectivity index (χ0) is 26.0. The first-order valence-corrected chi connectivity index (χ1v) is 11.7.